The number of nitrogens with one attached hydrogen (secondary N) is 1. The monoisotopic (exact) mass is 370 g/mol. The van der Waals surface area contributed by atoms with Crippen molar-refractivity contribution in [2.45, 2.75) is 62.9 Å². The number of para-hydroxylation sites is 1. The zero-order valence-electron chi connectivity index (χ0n) is 14.6. The average Bonchev–Trinajstić information content (AvgIpc) is 2.77. The van der Waals surface area contributed by atoms with Gasteiger partial charge in [0.2, 0.25) is 5.91 Å². The number of hydrogen-bond donors (Lipinski definition) is 2. The van der Waals surface area contributed by atoms with Gasteiger partial charge in [-0.3, -0.25) is 4.79 Å². The van der Waals surface area contributed by atoms with Crippen molar-refractivity contribution in [2.75, 3.05) is 11.9 Å². The Labute approximate surface area is 151 Å². The van der Waals surface area contributed by atoms with E-state index >= 15 is 0 Å². The molecule has 4 atom stereocenters. The van der Waals surface area contributed by atoms with E-state index in [0.717, 1.165) is 18.5 Å². The number of halogens is 3. The van der Waals surface area contributed by atoms with Crippen molar-refractivity contribution in [1.29, 1.82) is 0 Å². The molecule has 1 aliphatic carbocycles. The lowest BCUT2D eigenvalue weighted by molar-refractivity contribution is -0.166. The summed E-state index contributed by atoms with van der Waals surface area (Å²) in [7, 11) is 0. The number of aliphatic hydroxyl groups is 1. The summed E-state index contributed by atoms with van der Waals surface area (Å²) >= 11 is 0. The van der Waals surface area contributed by atoms with Gasteiger partial charge in [0, 0.05) is 30.2 Å². The fourth-order valence-corrected chi connectivity index (χ4v) is 4.38. The highest BCUT2D eigenvalue weighted by molar-refractivity contribution is 5.77. The number of benzene rings is 1. The van der Waals surface area contributed by atoms with Gasteiger partial charge in [0.1, 0.15) is 6.42 Å². The number of rotatable bonds is 3. The first-order chi connectivity index (χ1) is 12.3. The zero-order chi connectivity index (χ0) is 18.7. The number of carbonyl (C=O) groups excluding carboxylic acids is 1. The Morgan fingerprint density at radius 1 is 1.15 bits per heavy atom. The summed E-state index contributed by atoms with van der Waals surface area (Å²) in [6.45, 7) is 0.285. The molecule has 1 heterocycles. The van der Waals surface area contributed by atoms with Crippen molar-refractivity contribution in [3.05, 3.63) is 30.3 Å². The molecule has 1 aromatic rings. The number of likely N-dealkylation sites (tertiary alicyclic amines) is 1. The van der Waals surface area contributed by atoms with Crippen LogP contribution in [0.5, 0.6) is 0 Å². The third-order valence-corrected chi connectivity index (χ3v) is 5.48. The van der Waals surface area contributed by atoms with Crippen molar-refractivity contribution in [3.63, 3.8) is 0 Å². The second kappa shape index (κ2) is 7.86. The molecule has 144 valence electrons. The summed E-state index contributed by atoms with van der Waals surface area (Å²) in [6, 6.07) is 9.17. The minimum absolute atomic E-state index is 0.0644. The molecule has 2 aliphatic rings. The molecule has 1 saturated carbocycles. The first-order valence-corrected chi connectivity index (χ1v) is 9.21. The van der Waals surface area contributed by atoms with E-state index in [-0.39, 0.29) is 24.5 Å². The first-order valence-electron chi connectivity index (χ1n) is 9.21. The van der Waals surface area contributed by atoms with Gasteiger partial charge in [0.25, 0.3) is 0 Å². The van der Waals surface area contributed by atoms with Crippen molar-refractivity contribution in [2.24, 2.45) is 5.92 Å². The predicted octanol–water partition coefficient (Wildman–Crippen LogP) is 3.57. The molecule has 1 amide bonds. The highest BCUT2D eigenvalue weighted by atomic mass is 19.4. The smallest absolute Gasteiger partial charge is 0.393 e. The maximum Gasteiger partial charge on any atom is 0.397 e. The number of alkyl halides is 3. The van der Waals surface area contributed by atoms with Crippen molar-refractivity contribution in [1.82, 2.24) is 4.90 Å². The molecule has 1 aromatic carbocycles. The Morgan fingerprint density at radius 3 is 2.54 bits per heavy atom. The van der Waals surface area contributed by atoms with E-state index in [0.29, 0.717) is 19.3 Å². The minimum Gasteiger partial charge on any atom is -0.393 e. The Morgan fingerprint density at radius 2 is 1.85 bits per heavy atom. The number of anilines is 1. The van der Waals surface area contributed by atoms with E-state index in [4.69, 9.17) is 0 Å². The summed E-state index contributed by atoms with van der Waals surface area (Å²) in [5.74, 6) is -1.14. The van der Waals surface area contributed by atoms with Crippen LogP contribution < -0.4 is 5.32 Å². The van der Waals surface area contributed by atoms with Gasteiger partial charge in [-0.2, -0.15) is 13.2 Å². The molecule has 0 spiro atoms. The maximum absolute atomic E-state index is 12.7. The standard InChI is InChI=1S/C19H25F3N2O2/c20-19(21,22)12-17(26)24-11-10-14(23-13-6-2-1-3-7-13)18-15(24)8-4-5-9-16(18)25/h1-3,6-7,14-16,18,23,25H,4-5,8-12H2/t14?,15-,16+,18?/m0/s1. The van der Waals surface area contributed by atoms with Crippen LogP contribution in [-0.2, 0) is 4.79 Å². The van der Waals surface area contributed by atoms with Crippen molar-refractivity contribution in [3.8, 4) is 0 Å². The Kier molecular flexibility index (Phi) is 5.75. The van der Waals surface area contributed by atoms with Crippen LogP contribution in [0.1, 0.15) is 38.5 Å². The van der Waals surface area contributed by atoms with Crippen LogP contribution in [0.15, 0.2) is 30.3 Å². The van der Waals surface area contributed by atoms with Gasteiger partial charge in [0.15, 0.2) is 0 Å². The van der Waals surface area contributed by atoms with Crippen LogP contribution in [-0.4, -0.2) is 46.8 Å². The number of fused-ring (bicyclic) bond motifs is 1. The Bertz CT molecular complexity index is 609. The maximum atomic E-state index is 12.7. The van der Waals surface area contributed by atoms with Crippen LogP contribution in [0.3, 0.4) is 0 Å². The molecular weight excluding hydrogens is 345 g/mol. The van der Waals surface area contributed by atoms with E-state index in [1.165, 1.54) is 4.90 Å². The molecule has 2 unspecified atom stereocenters. The number of nitrogens with zero attached hydrogens (tertiary/aromatic N) is 1. The van der Waals surface area contributed by atoms with Gasteiger partial charge >= 0.3 is 6.18 Å². The van der Waals surface area contributed by atoms with E-state index in [2.05, 4.69) is 5.32 Å². The van der Waals surface area contributed by atoms with E-state index in [9.17, 15) is 23.1 Å². The fraction of sp³-hybridized carbons (Fsp3) is 0.632. The normalized spacial score (nSPS) is 29.6. The molecule has 26 heavy (non-hydrogen) atoms. The number of piperidine rings is 1. The molecule has 7 heteroatoms. The van der Waals surface area contributed by atoms with Gasteiger partial charge in [-0.1, -0.05) is 31.0 Å². The van der Waals surface area contributed by atoms with Crippen molar-refractivity contribution < 1.29 is 23.1 Å². The SMILES string of the molecule is O=C(CC(F)(F)F)N1CCC(Nc2ccccc2)C2[C@H](O)CCCC[C@@H]21. The highest BCUT2D eigenvalue weighted by Crippen LogP contribution is 2.37. The largest absolute Gasteiger partial charge is 0.397 e. The molecule has 0 bridgehead atoms. The molecule has 4 nitrogen and oxygen atoms in total. The zero-order valence-corrected chi connectivity index (χ0v) is 14.6. The highest BCUT2D eigenvalue weighted by Gasteiger charge is 2.46. The van der Waals surface area contributed by atoms with Crippen molar-refractivity contribution >= 4 is 11.6 Å². The lowest BCUT2D eigenvalue weighted by Gasteiger charge is -2.47. The van der Waals surface area contributed by atoms with Crippen LogP contribution in [0.2, 0.25) is 0 Å². The summed E-state index contributed by atoms with van der Waals surface area (Å²) < 4.78 is 38.1. The average molecular weight is 370 g/mol. The molecule has 3 rings (SSSR count). The van der Waals surface area contributed by atoms with Gasteiger partial charge in [0.05, 0.1) is 6.10 Å². The second-order valence-corrected chi connectivity index (χ2v) is 7.28. The van der Waals surface area contributed by atoms with Crippen LogP contribution >= 0.6 is 0 Å². The summed E-state index contributed by atoms with van der Waals surface area (Å²) in [4.78, 5) is 13.6. The van der Waals surface area contributed by atoms with Gasteiger partial charge in [-0.15, -0.1) is 0 Å². The summed E-state index contributed by atoms with van der Waals surface area (Å²) in [5.41, 5.74) is 0.919. The Hall–Kier alpha value is -1.76. The number of aliphatic hydroxyl groups excluding tert-OH is 1. The van der Waals surface area contributed by atoms with Crippen LogP contribution in [0, 0.1) is 5.92 Å². The minimum atomic E-state index is -4.50. The number of hydrogen-bond acceptors (Lipinski definition) is 3. The number of amides is 1. The summed E-state index contributed by atoms with van der Waals surface area (Å²) in [6.07, 6.45) is -3.13. The topological polar surface area (TPSA) is 52.6 Å². The van der Waals surface area contributed by atoms with E-state index in [1.807, 2.05) is 30.3 Å². The first kappa shape index (κ1) is 19.0. The molecule has 2 fully saturated rings. The quantitative estimate of drug-likeness (QED) is 0.855. The van der Waals surface area contributed by atoms with Gasteiger partial charge in [-0.25, -0.2) is 0 Å². The molecule has 0 radical (unpaired) electrons. The lowest BCUT2D eigenvalue weighted by atomic mass is 9.79. The number of carbonyl (C=O) groups is 1. The molecular formula is C19H25F3N2O2. The van der Waals surface area contributed by atoms with Gasteiger partial charge in [-0.05, 0) is 31.4 Å². The predicted molar refractivity (Wildman–Crippen MR) is 92.6 cm³/mol. The molecule has 1 aliphatic heterocycles. The van der Waals surface area contributed by atoms with Crippen LogP contribution in [0.4, 0.5) is 18.9 Å². The second-order valence-electron chi connectivity index (χ2n) is 7.28. The van der Waals surface area contributed by atoms with Gasteiger partial charge < -0.3 is 15.3 Å². The molecule has 2 N–H and O–H groups in total. The molecule has 1 saturated heterocycles. The van der Waals surface area contributed by atoms with E-state index in [1.54, 1.807) is 0 Å². The fourth-order valence-electron chi connectivity index (χ4n) is 4.38. The van der Waals surface area contributed by atoms with E-state index < -0.39 is 24.6 Å². The molecule has 0 aromatic heterocycles. The van der Waals surface area contributed by atoms with Crippen LogP contribution in [0.25, 0.3) is 0 Å². The third kappa shape index (κ3) is 4.50. The lowest BCUT2D eigenvalue weighted by Crippen LogP contribution is -2.58. The summed E-state index contributed by atoms with van der Waals surface area (Å²) in [5, 5.41) is 14.1. The third-order valence-electron chi connectivity index (χ3n) is 5.48. The Balaban J connectivity index is 1.80.